The summed E-state index contributed by atoms with van der Waals surface area (Å²) >= 11 is 0. The highest BCUT2D eigenvalue weighted by molar-refractivity contribution is 5.87. The summed E-state index contributed by atoms with van der Waals surface area (Å²) in [6.07, 6.45) is 0.489. The van der Waals surface area contributed by atoms with E-state index in [1.54, 1.807) is 6.92 Å². The molecule has 0 saturated carbocycles. The van der Waals surface area contributed by atoms with Gasteiger partial charge in [-0.2, -0.15) is 0 Å². The molecule has 0 heterocycles. The summed E-state index contributed by atoms with van der Waals surface area (Å²) in [7, 11) is 1.29. The van der Waals surface area contributed by atoms with Gasteiger partial charge in [-0.3, -0.25) is 4.79 Å². The molecule has 0 aromatic carbocycles. The quantitative estimate of drug-likeness (QED) is 0.636. The molecule has 0 rings (SSSR count). The largest absolute Gasteiger partial charge is 0.467 e. The number of hydrogen-bond acceptors (Lipinski definition) is 4. The molecule has 1 amide bonds. The molecule has 0 aromatic heterocycles. The van der Waals surface area contributed by atoms with Crippen LogP contribution in [0.3, 0.4) is 0 Å². The zero-order valence-electron chi connectivity index (χ0n) is 9.74. The van der Waals surface area contributed by atoms with Crippen molar-refractivity contribution in [3.8, 4) is 0 Å². The Kier molecular flexibility index (Phi) is 5.93. The molecule has 0 fully saturated rings. The third kappa shape index (κ3) is 4.29. The van der Waals surface area contributed by atoms with Crippen LogP contribution in [0, 0.1) is 5.92 Å². The van der Waals surface area contributed by atoms with Gasteiger partial charge in [0.2, 0.25) is 5.91 Å². The first-order chi connectivity index (χ1) is 6.93. The van der Waals surface area contributed by atoms with Crippen LogP contribution in [0.2, 0.25) is 0 Å². The second-order valence-corrected chi connectivity index (χ2v) is 3.76. The van der Waals surface area contributed by atoms with E-state index in [0.717, 1.165) is 0 Å². The number of carbonyl (C=O) groups excluding carboxylic acids is 2. The van der Waals surface area contributed by atoms with E-state index < -0.39 is 18.1 Å². The van der Waals surface area contributed by atoms with E-state index in [-0.39, 0.29) is 11.8 Å². The van der Waals surface area contributed by atoms with E-state index in [2.05, 4.69) is 10.1 Å². The van der Waals surface area contributed by atoms with Gasteiger partial charge in [0.1, 0.15) is 6.04 Å². The Morgan fingerprint density at radius 2 is 1.93 bits per heavy atom. The van der Waals surface area contributed by atoms with Crippen molar-refractivity contribution in [1.82, 2.24) is 5.32 Å². The minimum absolute atomic E-state index is 0.0418. The van der Waals surface area contributed by atoms with E-state index in [0.29, 0.717) is 6.42 Å². The summed E-state index contributed by atoms with van der Waals surface area (Å²) in [4.78, 5) is 22.7. The molecule has 0 aliphatic heterocycles. The van der Waals surface area contributed by atoms with Crippen molar-refractivity contribution < 1.29 is 14.3 Å². The lowest BCUT2D eigenvalue weighted by molar-refractivity contribution is -0.145. The predicted octanol–water partition coefficient (Wildman–Crippen LogP) is 0.0375. The molecular weight excluding hydrogens is 196 g/mol. The smallest absolute Gasteiger partial charge is 0.328 e. The van der Waals surface area contributed by atoms with Crippen molar-refractivity contribution >= 4 is 11.9 Å². The number of hydrogen-bond donors (Lipinski definition) is 2. The lowest BCUT2D eigenvalue weighted by Gasteiger charge is -2.19. The number of amides is 1. The second kappa shape index (κ2) is 6.40. The van der Waals surface area contributed by atoms with E-state index in [4.69, 9.17) is 5.73 Å². The maximum atomic E-state index is 11.5. The van der Waals surface area contributed by atoms with Crippen LogP contribution in [0.15, 0.2) is 0 Å². The zero-order chi connectivity index (χ0) is 12.0. The van der Waals surface area contributed by atoms with Gasteiger partial charge in [-0.05, 0) is 12.3 Å². The molecule has 5 nitrogen and oxygen atoms in total. The SMILES string of the molecule is CCC(NC(=O)[C@@H](N)C(C)C)C(=O)OC. The van der Waals surface area contributed by atoms with Crippen LogP contribution < -0.4 is 11.1 Å². The summed E-state index contributed by atoms with van der Waals surface area (Å²) in [5, 5.41) is 2.56. The van der Waals surface area contributed by atoms with Gasteiger partial charge in [0.15, 0.2) is 0 Å². The minimum atomic E-state index is -0.604. The number of methoxy groups -OCH3 is 1. The fourth-order valence-corrected chi connectivity index (χ4v) is 1.04. The Morgan fingerprint density at radius 1 is 1.40 bits per heavy atom. The molecule has 0 spiro atoms. The van der Waals surface area contributed by atoms with Gasteiger partial charge in [-0.25, -0.2) is 4.79 Å². The van der Waals surface area contributed by atoms with Crippen LogP contribution in [-0.4, -0.2) is 31.1 Å². The summed E-state index contributed by atoms with van der Waals surface area (Å²) in [6, 6.07) is -1.20. The summed E-state index contributed by atoms with van der Waals surface area (Å²) in [5.74, 6) is -0.718. The number of ether oxygens (including phenoxy) is 1. The average Bonchev–Trinajstić information content (AvgIpc) is 2.22. The minimum Gasteiger partial charge on any atom is -0.467 e. The fraction of sp³-hybridized carbons (Fsp3) is 0.800. The zero-order valence-corrected chi connectivity index (χ0v) is 9.74. The topological polar surface area (TPSA) is 81.4 Å². The molecule has 2 atom stereocenters. The monoisotopic (exact) mass is 216 g/mol. The molecule has 0 radical (unpaired) electrons. The number of rotatable bonds is 5. The van der Waals surface area contributed by atoms with Gasteiger partial charge >= 0.3 is 5.97 Å². The summed E-state index contributed by atoms with van der Waals surface area (Å²) < 4.78 is 4.55. The molecular formula is C10H20N2O3. The van der Waals surface area contributed by atoms with Gasteiger partial charge in [-0.15, -0.1) is 0 Å². The third-order valence-corrected chi connectivity index (χ3v) is 2.23. The van der Waals surface area contributed by atoms with Crippen LogP contribution in [-0.2, 0) is 14.3 Å². The average molecular weight is 216 g/mol. The number of carbonyl (C=O) groups is 2. The van der Waals surface area contributed by atoms with Crippen molar-refractivity contribution in [3.05, 3.63) is 0 Å². The molecule has 15 heavy (non-hydrogen) atoms. The summed E-state index contributed by atoms with van der Waals surface area (Å²) in [6.45, 7) is 5.50. The van der Waals surface area contributed by atoms with Crippen molar-refractivity contribution in [1.29, 1.82) is 0 Å². The Morgan fingerprint density at radius 3 is 2.27 bits per heavy atom. The number of nitrogens with one attached hydrogen (secondary N) is 1. The van der Waals surface area contributed by atoms with Crippen LogP contribution in [0.1, 0.15) is 27.2 Å². The highest BCUT2D eigenvalue weighted by Crippen LogP contribution is 2.00. The maximum absolute atomic E-state index is 11.5. The highest BCUT2D eigenvalue weighted by Gasteiger charge is 2.24. The van der Waals surface area contributed by atoms with Gasteiger partial charge in [-0.1, -0.05) is 20.8 Å². The Balaban J connectivity index is 4.30. The second-order valence-electron chi connectivity index (χ2n) is 3.76. The Bertz CT molecular complexity index is 229. The number of esters is 1. The van der Waals surface area contributed by atoms with Gasteiger partial charge in [0, 0.05) is 0 Å². The Labute approximate surface area is 90.4 Å². The van der Waals surface area contributed by atoms with Crippen molar-refractivity contribution in [2.24, 2.45) is 11.7 Å². The summed E-state index contributed by atoms with van der Waals surface area (Å²) in [5.41, 5.74) is 5.64. The first-order valence-corrected chi connectivity index (χ1v) is 5.07. The molecule has 88 valence electrons. The van der Waals surface area contributed by atoms with Crippen molar-refractivity contribution in [2.45, 2.75) is 39.3 Å². The first kappa shape index (κ1) is 13.9. The van der Waals surface area contributed by atoms with Crippen molar-refractivity contribution in [2.75, 3.05) is 7.11 Å². The van der Waals surface area contributed by atoms with Gasteiger partial charge in [0.05, 0.1) is 13.2 Å². The normalized spacial score (nSPS) is 14.5. The molecule has 0 aliphatic rings. The number of nitrogens with two attached hydrogens (primary N) is 1. The molecule has 5 heteroatoms. The maximum Gasteiger partial charge on any atom is 0.328 e. The lowest BCUT2D eigenvalue weighted by Crippen LogP contribution is -2.50. The molecule has 0 aliphatic carbocycles. The lowest BCUT2D eigenvalue weighted by atomic mass is 10.0. The van der Waals surface area contributed by atoms with Gasteiger partial charge in [0.25, 0.3) is 0 Å². The molecule has 0 bridgehead atoms. The van der Waals surface area contributed by atoms with Crippen molar-refractivity contribution in [3.63, 3.8) is 0 Å². The molecule has 1 unspecified atom stereocenters. The molecule has 0 aromatic rings. The predicted molar refractivity (Wildman–Crippen MR) is 57.1 cm³/mol. The highest BCUT2D eigenvalue weighted by atomic mass is 16.5. The van der Waals surface area contributed by atoms with Crippen LogP contribution >= 0.6 is 0 Å². The molecule has 0 saturated heterocycles. The Hall–Kier alpha value is -1.10. The van der Waals surface area contributed by atoms with E-state index in [9.17, 15) is 9.59 Å². The fourth-order valence-electron chi connectivity index (χ4n) is 1.04. The molecule has 3 N–H and O–H groups in total. The van der Waals surface area contributed by atoms with Crippen LogP contribution in [0.25, 0.3) is 0 Å². The van der Waals surface area contributed by atoms with E-state index >= 15 is 0 Å². The third-order valence-electron chi connectivity index (χ3n) is 2.23. The first-order valence-electron chi connectivity index (χ1n) is 5.07. The standard InChI is InChI=1S/C10H20N2O3/c1-5-7(10(14)15-4)12-9(13)8(11)6(2)3/h6-8H,5,11H2,1-4H3,(H,12,13)/t7?,8-/m0/s1. The van der Waals surface area contributed by atoms with E-state index in [1.807, 2.05) is 13.8 Å². The van der Waals surface area contributed by atoms with Crippen LogP contribution in [0.5, 0.6) is 0 Å². The van der Waals surface area contributed by atoms with Gasteiger partial charge < -0.3 is 15.8 Å². The van der Waals surface area contributed by atoms with E-state index in [1.165, 1.54) is 7.11 Å². The van der Waals surface area contributed by atoms with Crippen LogP contribution in [0.4, 0.5) is 0 Å².